The number of halogens is 1. The monoisotopic (exact) mass is 282 g/mol. The van der Waals surface area contributed by atoms with Crippen LogP contribution in [0.15, 0.2) is 24.3 Å². The molecule has 1 fully saturated rings. The maximum absolute atomic E-state index is 12.5. The van der Waals surface area contributed by atoms with Crippen molar-refractivity contribution in [2.24, 2.45) is 0 Å². The van der Waals surface area contributed by atoms with Crippen molar-refractivity contribution in [3.63, 3.8) is 0 Å². The van der Waals surface area contributed by atoms with Gasteiger partial charge in [0, 0.05) is 25.7 Å². The van der Waals surface area contributed by atoms with Crippen molar-refractivity contribution in [1.29, 1.82) is 0 Å². The zero-order valence-corrected chi connectivity index (χ0v) is 12.7. The Morgan fingerprint density at radius 2 is 2.21 bits per heavy atom. The lowest BCUT2D eigenvalue weighted by atomic mass is 9.97. The number of rotatable bonds is 2. The summed E-state index contributed by atoms with van der Waals surface area (Å²) in [5.74, 6) is 0.194. The minimum absolute atomic E-state index is 0. The zero-order valence-electron chi connectivity index (χ0n) is 11.8. The fourth-order valence-corrected chi connectivity index (χ4v) is 2.50. The predicted octanol–water partition coefficient (Wildman–Crippen LogP) is 2.34. The summed E-state index contributed by atoms with van der Waals surface area (Å²) in [6.07, 6.45) is 0. The second-order valence-corrected chi connectivity index (χ2v) is 5.22. The molecule has 0 aliphatic carbocycles. The molecule has 1 aromatic rings. The summed E-state index contributed by atoms with van der Waals surface area (Å²) in [5, 5.41) is 3.31. The summed E-state index contributed by atoms with van der Waals surface area (Å²) < 4.78 is 0. The van der Waals surface area contributed by atoms with Crippen LogP contribution in [0.4, 0.5) is 0 Å². The topological polar surface area (TPSA) is 32.3 Å². The van der Waals surface area contributed by atoms with Gasteiger partial charge in [-0.2, -0.15) is 0 Å². The third kappa shape index (κ3) is 3.71. The Labute approximate surface area is 121 Å². The van der Waals surface area contributed by atoms with Crippen molar-refractivity contribution in [3.05, 3.63) is 35.4 Å². The number of carbonyl (C=O) groups excluding carboxylic acids is 1. The lowest BCUT2D eigenvalue weighted by Gasteiger charge is -2.35. The molecule has 0 bridgehead atoms. The lowest BCUT2D eigenvalue weighted by Crippen LogP contribution is -2.53. The van der Waals surface area contributed by atoms with E-state index in [0.717, 1.165) is 25.2 Å². The van der Waals surface area contributed by atoms with Gasteiger partial charge in [0.05, 0.1) is 5.92 Å². The van der Waals surface area contributed by atoms with Gasteiger partial charge in [0.15, 0.2) is 0 Å². The molecule has 0 saturated carbocycles. The van der Waals surface area contributed by atoms with Gasteiger partial charge >= 0.3 is 0 Å². The van der Waals surface area contributed by atoms with E-state index in [1.165, 1.54) is 5.56 Å². The Morgan fingerprint density at radius 3 is 2.84 bits per heavy atom. The van der Waals surface area contributed by atoms with E-state index in [1.807, 2.05) is 24.0 Å². The number of hydrogen-bond donors (Lipinski definition) is 1. The highest BCUT2D eigenvalue weighted by Crippen LogP contribution is 2.20. The van der Waals surface area contributed by atoms with E-state index in [-0.39, 0.29) is 24.2 Å². The normalized spacial score (nSPS) is 20.6. The van der Waals surface area contributed by atoms with Crippen LogP contribution >= 0.6 is 12.4 Å². The minimum atomic E-state index is -0.0505. The Hall–Kier alpha value is -1.06. The molecule has 0 radical (unpaired) electrons. The van der Waals surface area contributed by atoms with Gasteiger partial charge in [0.2, 0.25) is 5.91 Å². The molecule has 3 nitrogen and oxygen atoms in total. The van der Waals surface area contributed by atoms with Crippen molar-refractivity contribution < 1.29 is 4.79 Å². The molecule has 19 heavy (non-hydrogen) atoms. The SMILES string of the molecule is Cc1cccc(C(C)C(=O)N2CCNC[C@H]2C)c1.Cl. The third-order valence-corrected chi connectivity index (χ3v) is 3.70. The highest BCUT2D eigenvalue weighted by molar-refractivity contribution is 5.85. The molecule has 1 aromatic carbocycles. The van der Waals surface area contributed by atoms with Gasteiger partial charge in [-0.1, -0.05) is 29.8 Å². The van der Waals surface area contributed by atoms with Crippen molar-refractivity contribution in [2.45, 2.75) is 32.7 Å². The summed E-state index contributed by atoms with van der Waals surface area (Å²) in [4.78, 5) is 14.5. The zero-order chi connectivity index (χ0) is 13.1. The molecule has 1 unspecified atom stereocenters. The van der Waals surface area contributed by atoms with Crippen molar-refractivity contribution in [1.82, 2.24) is 10.2 Å². The highest BCUT2D eigenvalue weighted by atomic mass is 35.5. The number of amides is 1. The first-order chi connectivity index (χ1) is 8.59. The van der Waals surface area contributed by atoms with Crippen LogP contribution in [0, 0.1) is 6.92 Å². The van der Waals surface area contributed by atoms with Crippen LogP contribution < -0.4 is 5.32 Å². The Kier molecular flexibility index (Phi) is 5.83. The molecule has 0 aromatic heterocycles. The maximum Gasteiger partial charge on any atom is 0.230 e. The molecule has 4 heteroatoms. The van der Waals surface area contributed by atoms with Gasteiger partial charge in [-0.05, 0) is 26.3 Å². The first kappa shape index (κ1) is 16.0. The molecule has 0 spiro atoms. The first-order valence-electron chi connectivity index (χ1n) is 6.67. The van der Waals surface area contributed by atoms with Gasteiger partial charge in [-0.15, -0.1) is 12.4 Å². The number of hydrogen-bond acceptors (Lipinski definition) is 2. The summed E-state index contributed by atoms with van der Waals surface area (Å²) in [6.45, 7) is 8.78. The molecule has 1 saturated heterocycles. The van der Waals surface area contributed by atoms with Crippen LogP contribution in [0.5, 0.6) is 0 Å². The second kappa shape index (κ2) is 6.92. The Balaban J connectivity index is 0.00000180. The number of piperazine rings is 1. The van der Waals surface area contributed by atoms with Crippen LogP contribution in [0.3, 0.4) is 0 Å². The van der Waals surface area contributed by atoms with Gasteiger partial charge in [0.25, 0.3) is 0 Å². The van der Waals surface area contributed by atoms with Crippen molar-refractivity contribution >= 4 is 18.3 Å². The van der Waals surface area contributed by atoms with Crippen LogP contribution in [-0.2, 0) is 4.79 Å². The summed E-state index contributed by atoms with van der Waals surface area (Å²) in [6, 6.07) is 8.53. The number of carbonyl (C=O) groups is 1. The molecular formula is C15H23ClN2O. The van der Waals surface area contributed by atoms with Crippen molar-refractivity contribution in [3.8, 4) is 0 Å². The number of nitrogens with zero attached hydrogens (tertiary/aromatic N) is 1. The second-order valence-electron chi connectivity index (χ2n) is 5.22. The van der Waals surface area contributed by atoms with Crippen LogP contribution in [0.25, 0.3) is 0 Å². The van der Waals surface area contributed by atoms with E-state index < -0.39 is 0 Å². The molecule has 106 valence electrons. The lowest BCUT2D eigenvalue weighted by molar-refractivity contribution is -0.135. The molecule has 1 aliphatic heterocycles. The number of nitrogens with one attached hydrogen (secondary N) is 1. The van der Waals surface area contributed by atoms with Crippen LogP contribution in [-0.4, -0.2) is 36.5 Å². The van der Waals surface area contributed by atoms with E-state index in [1.54, 1.807) is 0 Å². The molecule has 1 amide bonds. The predicted molar refractivity (Wildman–Crippen MR) is 80.9 cm³/mol. The van der Waals surface area contributed by atoms with Gasteiger partial charge in [-0.25, -0.2) is 0 Å². The Bertz CT molecular complexity index is 436. The molecule has 2 rings (SSSR count). The van der Waals surface area contributed by atoms with Crippen LogP contribution in [0.1, 0.15) is 30.9 Å². The fraction of sp³-hybridized carbons (Fsp3) is 0.533. The molecule has 1 heterocycles. The maximum atomic E-state index is 12.5. The van der Waals surface area contributed by atoms with Gasteiger partial charge in [0.1, 0.15) is 0 Å². The number of benzene rings is 1. The molecule has 2 atom stereocenters. The van der Waals surface area contributed by atoms with Crippen molar-refractivity contribution in [2.75, 3.05) is 19.6 Å². The average Bonchev–Trinajstić information content (AvgIpc) is 2.37. The summed E-state index contributed by atoms with van der Waals surface area (Å²) in [7, 11) is 0. The standard InChI is InChI=1S/C15H22N2O.ClH/c1-11-5-4-6-14(9-11)13(3)15(18)17-8-7-16-10-12(17)2;/h4-6,9,12-13,16H,7-8,10H2,1-3H3;1H/t12-,13?;/m1./s1. The quantitative estimate of drug-likeness (QED) is 0.903. The van der Waals surface area contributed by atoms with Crippen LogP contribution in [0.2, 0.25) is 0 Å². The molecule has 1 aliphatic rings. The highest BCUT2D eigenvalue weighted by Gasteiger charge is 2.27. The third-order valence-electron chi connectivity index (χ3n) is 3.70. The fourth-order valence-electron chi connectivity index (χ4n) is 2.50. The van der Waals surface area contributed by atoms with E-state index in [4.69, 9.17) is 0 Å². The van der Waals surface area contributed by atoms with Gasteiger partial charge in [-0.3, -0.25) is 4.79 Å². The van der Waals surface area contributed by atoms with E-state index in [9.17, 15) is 4.79 Å². The van der Waals surface area contributed by atoms with E-state index >= 15 is 0 Å². The summed E-state index contributed by atoms with van der Waals surface area (Å²) in [5.41, 5.74) is 2.33. The average molecular weight is 283 g/mol. The summed E-state index contributed by atoms with van der Waals surface area (Å²) >= 11 is 0. The smallest absolute Gasteiger partial charge is 0.230 e. The minimum Gasteiger partial charge on any atom is -0.337 e. The molecular weight excluding hydrogens is 260 g/mol. The number of aryl methyl sites for hydroxylation is 1. The first-order valence-corrected chi connectivity index (χ1v) is 6.67. The molecule has 1 N–H and O–H groups in total. The Morgan fingerprint density at radius 1 is 1.47 bits per heavy atom. The van der Waals surface area contributed by atoms with Gasteiger partial charge < -0.3 is 10.2 Å². The largest absolute Gasteiger partial charge is 0.337 e. The van der Waals surface area contributed by atoms with E-state index in [0.29, 0.717) is 6.04 Å². The van der Waals surface area contributed by atoms with E-state index in [2.05, 4.69) is 31.3 Å².